The Morgan fingerprint density at radius 2 is 1.95 bits per heavy atom. The molecular weight excluding hydrogens is 264 g/mol. The van der Waals surface area contributed by atoms with Gasteiger partial charge in [-0.15, -0.1) is 0 Å². The third-order valence-corrected chi connectivity index (χ3v) is 5.23. The second-order valence-electron chi connectivity index (χ2n) is 6.85. The number of aromatic nitrogens is 4. The number of tetrazole rings is 1. The van der Waals surface area contributed by atoms with Crippen LogP contribution in [0.25, 0.3) is 0 Å². The van der Waals surface area contributed by atoms with E-state index in [0.29, 0.717) is 14.0 Å². The lowest BCUT2D eigenvalue weighted by Gasteiger charge is -2.53. The highest BCUT2D eigenvalue weighted by atomic mass is 15.7. The lowest BCUT2D eigenvalue weighted by molar-refractivity contribution is 0.187. The van der Waals surface area contributed by atoms with Crippen molar-refractivity contribution in [3.8, 4) is 0 Å². The highest BCUT2D eigenvalue weighted by Crippen LogP contribution is 2.41. The number of rotatable bonds is 3. The topological polar surface area (TPSA) is 53.3 Å². The van der Waals surface area contributed by atoms with Crippen LogP contribution >= 0.6 is 0 Å². The molecule has 1 atom stereocenters. The molecule has 0 saturated carbocycles. The second-order valence-corrected chi connectivity index (χ2v) is 6.85. The third kappa shape index (κ3) is 1.93. The Kier molecular flexibility index (Phi) is 3.52. The van der Waals surface area contributed by atoms with Crippen molar-refractivity contribution >= 4 is 19.9 Å². The molecule has 7 nitrogen and oxygen atoms in total. The van der Waals surface area contributed by atoms with E-state index in [-0.39, 0.29) is 11.7 Å². The minimum Gasteiger partial charge on any atom is -0.353 e. The molecule has 1 aromatic heterocycles. The van der Waals surface area contributed by atoms with Gasteiger partial charge in [-0.2, -0.15) is 0 Å². The van der Waals surface area contributed by atoms with E-state index in [9.17, 15) is 0 Å². The standard InChI is InChI=1S/C12H25B2N7/c1-7-8-9-19-13(4)18(6)10-12(2,3)21-11(15-16-17-21)20(10)14(19)5/h10H,7-9H2,1-6H3. The largest absolute Gasteiger partial charge is 0.353 e. The fraction of sp³-hybridized carbons (Fsp3) is 0.917. The summed E-state index contributed by atoms with van der Waals surface area (Å²) in [7, 11) is 2.20. The van der Waals surface area contributed by atoms with Crippen LogP contribution in [0.15, 0.2) is 0 Å². The maximum Gasteiger partial charge on any atom is 0.333 e. The number of anilines is 1. The van der Waals surface area contributed by atoms with Crippen molar-refractivity contribution in [3.05, 3.63) is 0 Å². The van der Waals surface area contributed by atoms with Gasteiger partial charge in [0.05, 0.1) is 11.7 Å². The zero-order valence-corrected chi connectivity index (χ0v) is 14.0. The van der Waals surface area contributed by atoms with Crippen LogP contribution in [-0.2, 0) is 5.54 Å². The fourth-order valence-electron chi connectivity index (χ4n) is 3.97. The van der Waals surface area contributed by atoms with Crippen molar-refractivity contribution in [3.63, 3.8) is 0 Å². The normalized spacial score (nSPS) is 25.4. The summed E-state index contributed by atoms with van der Waals surface area (Å²) in [5, 5.41) is 12.4. The van der Waals surface area contributed by atoms with E-state index >= 15 is 0 Å². The maximum atomic E-state index is 4.28. The Bertz CT molecular complexity index is 519. The van der Waals surface area contributed by atoms with Crippen molar-refractivity contribution < 1.29 is 0 Å². The number of unbranched alkanes of at least 4 members (excludes halogenated alkanes) is 1. The first-order chi connectivity index (χ1) is 9.91. The molecule has 1 fully saturated rings. The molecule has 1 aromatic rings. The number of likely N-dealkylation sites (N-methyl/N-ethyl adjacent to an activating group) is 1. The van der Waals surface area contributed by atoms with Gasteiger partial charge < -0.3 is 14.3 Å². The molecule has 9 heteroatoms. The van der Waals surface area contributed by atoms with E-state index < -0.39 is 0 Å². The van der Waals surface area contributed by atoms with Crippen LogP contribution in [0.3, 0.4) is 0 Å². The smallest absolute Gasteiger partial charge is 0.333 e. The first-order valence-corrected chi connectivity index (χ1v) is 7.96. The average molecular weight is 289 g/mol. The van der Waals surface area contributed by atoms with Gasteiger partial charge in [0, 0.05) is 0 Å². The number of hydrogen-bond donors (Lipinski definition) is 0. The van der Waals surface area contributed by atoms with Crippen molar-refractivity contribution in [1.29, 1.82) is 0 Å². The van der Waals surface area contributed by atoms with E-state index in [4.69, 9.17) is 0 Å². The molecule has 0 aromatic carbocycles. The maximum absolute atomic E-state index is 4.28. The quantitative estimate of drug-likeness (QED) is 0.769. The van der Waals surface area contributed by atoms with Crippen LogP contribution in [0, 0.1) is 0 Å². The Morgan fingerprint density at radius 1 is 1.24 bits per heavy atom. The fourth-order valence-corrected chi connectivity index (χ4v) is 3.97. The third-order valence-electron chi connectivity index (χ3n) is 5.23. The van der Waals surface area contributed by atoms with Gasteiger partial charge in [0.15, 0.2) is 0 Å². The SMILES string of the molecule is CCCCN1B(C)N(C)C2N(B1C)c1nnnn1C2(C)C. The molecule has 2 aliphatic rings. The van der Waals surface area contributed by atoms with Crippen LogP contribution < -0.4 is 4.81 Å². The molecule has 0 N–H and O–H groups in total. The minimum atomic E-state index is -0.132. The molecule has 0 aliphatic carbocycles. The number of hydrogen-bond acceptors (Lipinski definition) is 6. The van der Waals surface area contributed by atoms with E-state index in [0.717, 1.165) is 12.5 Å². The predicted octanol–water partition coefficient (Wildman–Crippen LogP) is 0.838. The highest BCUT2D eigenvalue weighted by Gasteiger charge is 2.57. The van der Waals surface area contributed by atoms with E-state index in [1.54, 1.807) is 0 Å². The summed E-state index contributed by atoms with van der Waals surface area (Å²) >= 11 is 0. The van der Waals surface area contributed by atoms with Crippen molar-refractivity contribution in [2.24, 2.45) is 0 Å². The highest BCUT2D eigenvalue weighted by molar-refractivity contribution is 6.73. The molecule has 0 spiro atoms. The van der Waals surface area contributed by atoms with Crippen LogP contribution in [-0.4, -0.2) is 63.5 Å². The van der Waals surface area contributed by atoms with Gasteiger partial charge in [-0.1, -0.05) is 32.1 Å². The monoisotopic (exact) mass is 289 g/mol. The first kappa shape index (κ1) is 14.8. The van der Waals surface area contributed by atoms with Gasteiger partial charge in [-0.25, -0.2) is 4.68 Å². The molecule has 0 bridgehead atoms. The molecule has 1 unspecified atom stereocenters. The van der Waals surface area contributed by atoms with Gasteiger partial charge in [0.1, 0.15) is 0 Å². The van der Waals surface area contributed by atoms with Crippen molar-refractivity contribution in [1.82, 2.24) is 29.7 Å². The van der Waals surface area contributed by atoms with Crippen LogP contribution in [0.2, 0.25) is 13.6 Å². The summed E-state index contributed by atoms with van der Waals surface area (Å²) in [5.41, 5.74) is -0.132. The van der Waals surface area contributed by atoms with E-state index in [2.05, 4.69) is 71.3 Å². The Hall–Kier alpha value is -1.08. The van der Waals surface area contributed by atoms with Crippen molar-refractivity contribution in [2.45, 2.75) is 59.0 Å². The number of fused-ring (bicyclic) bond motifs is 3. The van der Waals surface area contributed by atoms with Gasteiger partial charge in [-0.05, 0) is 44.3 Å². The average Bonchev–Trinajstić information content (AvgIpc) is 2.98. The predicted molar refractivity (Wildman–Crippen MR) is 86.0 cm³/mol. The molecule has 3 heterocycles. The molecule has 0 radical (unpaired) electrons. The molecular formula is C12H25B2N7. The molecule has 0 amide bonds. The Labute approximate surface area is 127 Å². The summed E-state index contributed by atoms with van der Waals surface area (Å²) in [6, 6.07) is 0. The van der Waals surface area contributed by atoms with Gasteiger partial charge in [0.2, 0.25) is 5.95 Å². The second kappa shape index (κ2) is 4.98. The van der Waals surface area contributed by atoms with E-state index in [1.165, 1.54) is 12.8 Å². The molecule has 1 saturated heterocycles. The van der Waals surface area contributed by atoms with Gasteiger partial charge in [0.25, 0.3) is 6.98 Å². The lowest BCUT2D eigenvalue weighted by atomic mass is 9.56. The van der Waals surface area contributed by atoms with Crippen molar-refractivity contribution in [2.75, 3.05) is 18.4 Å². The summed E-state index contributed by atoms with van der Waals surface area (Å²) in [5.74, 6) is 0.887. The van der Waals surface area contributed by atoms with Gasteiger partial charge in [-0.3, -0.25) is 0 Å². The Morgan fingerprint density at radius 3 is 2.62 bits per heavy atom. The summed E-state index contributed by atoms with van der Waals surface area (Å²) in [6.07, 6.45) is 2.69. The van der Waals surface area contributed by atoms with Crippen LogP contribution in [0.5, 0.6) is 0 Å². The molecule has 114 valence electrons. The molecule has 21 heavy (non-hydrogen) atoms. The number of nitrogens with zero attached hydrogens (tertiary/aromatic N) is 7. The zero-order valence-electron chi connectivity index (χ0n) is 14.0. The zero-order chi connectivity index (χ0) is 15.4. The van der Waals surface area contributed by atoms with Gasteiger partial charge >= 0.3 is 6.98 Å². The Balaban J connectivity index is 1.99. The van der Waals surface area contributed by atoms with Crippen LogP contribution in [0.4, 0.5) is 5.95 Å². The van der Waals surface area contributed by atoms with Crippen LogP contribution in [0.1, 0.15) is 33.6 Å². The molecule has 3 rings (SSSR count). The summed E-state index contributed by atoms with van der Waals surface area (Å²) in [6.45, 7) is 13.1. The molecule has 2 aliphatic heterocycles. The first-order valence-electron chi connectivity index (χ1n) is 7.96. The van der Waals surface area contributed by atoms with E-state index in [1.807, 2.05) is 4.68 Å². The minimum absolute atomic E-state index is 0.132. The summed E-state index contributed by atoms with van der Waals surface area (Å²) in [4.78, 5) is 4.81. The lowest BCUT2D eigenvalue weighted by Crippen LogP contribution is -2.75. The summed E-state index contributed by atoms with van der Waals surface area (Å²) < 4.78 is 4.52.